The van der Waals surface area contributed by atoms with E-state index >= 15 is 0 Å². The van der Waals surface area contributed by atoms with Gasteiger partial charge in [-0.05, 0) is 48.6 Å². The first-order valence-corrected chi connectivity index (χ1v) is 11.4. The van der Waals surface area contributed by atoms with Crippen LogP contribution < -0.4 is 4.57 Å². The molecule has 0 atom stereocenters. The van der Waals surface area contributed by atoms with Crippen LogP contribution in [-0.4, -0.2) is 5.78 Å². The number of pyridine rings is 1. The van der Waals surface area contributed by atoms with E-state index < -0.39 is 0 Å². The number of rotatable bonds is 5. The number of carbonyl (C=O) groups excluding carboxylic acids is 1. The summed E-state index contributed by atoms with van der Waals surface area (Å²) in [5.41, 5.74) is 5.53. The van der Waals surface area contributed by atoms with Gasteiger partial charge in [-0.3, -0.25) is 4.79 Å². The van der Waals surface area contributed by atoms with Crippen LogP contribution in [0.25, 0.3) is 22.2 Å². The molecule has 0 aliphatic heterocycles. The molecule has 1 heterocycles. The number of Topliss-reactive ketones (excluding diaryl/α,β-unsaturated/α-hetero) is 1. The highest BCUT2D eigenvalue weighted by molar-refractivity contribution is 5.95. The monoisotopic (exact) mass is 406 g/mol. The molecule has 154 valence electrons. The molecule has 4 aromatic rings. The lowest BCUT2D eigenvalue weighted by Crippen LogP contribution is -2.41. The number of ketones is 1. The molecule has 0 N–H and O–H groups in total. The smallest absolute Gasteiger partial charge is 0.227 e. The first-order chi connectivity index (χ1) is 15.3. The van der Waals surface area contributed by atoms with E-state index in [4.69, 9.17) is 0 Å². The summed E-state index contributed by atoms with van der Waals surface area (Å²) in [5.74, 6) is 0.827. The summed E-state index contributed by atoms with van der Waals surface area (Å²) < 4.78 is 2.17. The van der Waals surface area contributed by atoms with Crippen molar-refractivity contribution in [3.63, 3.8) is 0 Å². The number of para-hydroxylation sites is 1. The van der Waals surface area contributed by atoms with E-state index in [-0.39, 0.29) is 5.78 Å². The van der Waals surface area contributed by atoms with Crippen molar-refractivity contribution in [2.24, 2.45) is 0 Å². The van der Waals surface area contributed by atoms with Crippen LogP contribution in [0.5, 0.6) is 0 Å². The summed E-state index contributed by atoms with van der Waals surface area (Å²) in [6.07, 6.45) is 6.68. The molecule has 0 unspecified atom stereocenters. The molecule has 5 rings (SSSR count). The highest BCUT2D eigenvalue weighted by atomic mass is 16.1. The van der Waals surface area contributed by atoms with Gasteiger partial charge in [-0.1, -0.05) is 73.9 Å². The second-order valence-corrected chi connectivity index (χ2v) is 8.61. The Balaban J connectivity index is 1.53. The summed E-state index contributed by atoms with van der Waals surface area (Å²) in [5, 5.41) is 1.14. The van der Waals surface area contributed by atoms with E-state index in [9.17, 15) is 4.79 Å². The second kappa shape index (κ2) is 8.85. The zero-order valence-corrected chi connectivity index (χ0v) is 17.8. The van der Waals surface area contributed by atoms with Crippen LogP contribution in [0.1, 0.15) is 53.9 Å². The fourth-order valence-corrected chi connectivity index (χ4v) is 4.91. The summed E-state index contributed by atoms with van der Waals surface area (Å²) >= 11 is 0. The van der Waals surface area contributed by atoms with E-state index in [1.807, 2.05) is 42.5 Å². The molecular formula is C29H28NO+. The normalized spacial score (nSPS) is 14.6. The van der Waals surface area contributed by atoms with Crippen LogP contribution in [0, 0.1) is 0 Å². The Kier molecular flexibility index (Phi) is 5.62. The van der Waals surface area contributed by atoms with Crippen LogP contribution in [0.2, 0.25) is 0 Å². The second-order valence-electron chi connectivity index (χ2n) is 8.61. The Hall–Kier alpha value is -3.26. The van der Waals surface area contributed by atoms with Gasteiger partial charge >= 0.3 is 0 Å². The molecule has 0 saturated heterocycles. The Bertz CT molecular complexity index is 1190. The molecule has 3 aromatic carbocycles. The summed E-state index contributed by atoms with van der Waals surface area (Å²) in [4.78, 5) is 13.1. The standard InChI is InChI=1S/C29H28NO/c31-29(26-12-5-2-6-13-26)21-30-27-14-8-7-11-24(27)19-20-28(30)25-17-15-23(16-18-25)22-9-3-1-4-10-22/h2,5-8,11-20,22H,1,3-4,9-10,21H2/q+1. The van der Waals surface area contributed by atoms with Gasteiger partial charge in [0.15, 0.2) is 0 Å². The van der Waals surface area contributed by atoms with Gasteiger partial charge in [0.1, 0.15) is 0 Å². The summed E-state index contributed by atoms with van der Waals surface area (Å²) in [6.45, 7) is 0.324. The third kappa shape index (κ3) is 4.16. The maximum absolute atomic E-state index is 13.1. The van der Waals surface area contributed by atoms with Crippen molar-refractivity contribution in [3.8, 4) is 11.3 Å². The first-order valence-electron chi connectivity index (χ1n) is 11.4. The molecule has 1 fully saturated rings. The molecule has 0 radical (unpaired) electrons. The van der Waals surface area contributed by atoms with Crippen molar-refractivity contribution in [2.75, 3.05) is 0 Å². The highest BCUT2D eigenvalue weighted by Crippen LogP contribution is 2.33. The van der Waals surface area contributed by atoms with Crippen LogP contribution in [-0.2, 0) is 6.54 Å². The Morgan fingerprint density at radius 2 is 1.45 bits per heavy atom. The fourth-order valence-electron chi connectivity index (χ4n) is 4.91. The van der Waals surface area contributed by atoms with E-state index in [1.165, 1.54) is 37.7 Å². The minimum Gasteiger partial charge on any atom is -0.287 e. The molecule has 0 amide bonds. The van der Waals surface area contributed by atoms with Gasteiger partial charge in [-0.2, -0.15) is 4.57 Å². The Morgan fingerprint density at radius 1 is 0.742 bits per heavy atom. The minimum atomic E-state index is 0.127. The minimum absolute atomic E-state index is 0.127. The number of fused-ring (bicyclic) bond motifs is 1. The van der Waals surface area contributed by atoms with E-state index in [0.29, 0.717) is 12.5 Å². The number of nitrogens with zero attached hydrogens (tertiary/aromatic N) is 1. The lowest BCUT2D eigenvalue weighted by Gasteiger charge is -2.22. The van der Waals surface area contributed by atoms with Crippen molar-refractivity contribution in [1.29, 1.82) is 0 Å². The number of carbonyl (C=O) groups is 1. The Labute approximate surface area is 184 Å². The molecule has 0 bridgehead atoms. The maximum atomic E-state index is 13.1. The van der Waals surface area contributed by atoms with Crippen molar-refractivity contribution >= 4 is 16.7 Å². The predicted octanol–water partition coefficient (Wildman–Crippen LogP) is 6.72. The van der Waals surface area contributed by atoms with Crippen LogP contribution in [0.3, 0.4) is 0 Å². The largest absolute Gasteiger partial charge is 0.287 e. The molecule has 1 aliphatic rings. The van der Waals surface area contributed by atoms with E-state index in [0.717, 1.165) is 27.7 Å². The third-order valence-electron chi connectivity index (χ3n) is 6.62. The number of benzene rings is 3. The van der Waals surface area contributed by atoms with Crippen molar-refractivity contribution in [3.05, 3.63) is 102 Å². The zero-order chi connectivity index (χ0) is 21.0. The first kappa shape index (κ1) is 19.7. The average molecular weight is 407 g/mol. The lowest BCUT2D eigenvalue weighted by atomic mass is 9.84. The van der Waals surface area contributed by atoms with Crippen LogP contribution >= 0.6 is 0 Å². The van der Waals surface area contributed by atoms with Gasteiger partial charge in [0, 0.05) is 28.6 Å². The van der Waals surface area contributed by atoms with Gasteiger partial charge in [0.05, 0.1) is 0 Å². The molecule has 1 aromatic heterocycles. The van der Waals surface area contributed by atoms with Crippen molar-refractivity contribution in [1.82, 2.24) is 0 Å². The molecule has 2 nitrogen and oxygen atoms in total. The quantitative estimate of drug-likeness (QED) is 0.266. The lowest BCUT2D eigenvalue weighted by molar-refractivity contribution is -0.646. The molecular weight excluding hydrogens is 378 g/mol. The number of hydrogen-bond acceptors (Lipinski definition) is 1. The third-order valence-corrected chi connectivity index (χ3v) is 6.62. The maximum Gasteiger partial charge on any atom is 0.227 e. The molecule has 0 spiro atoms. The van der Waals surface area contributed by atoms with Crippen molar-refractivity contribution < 1.29 is 9.36 Å². The van der Waals surface area contributed by atoms with E-state index in [1.54, 1.807) is 0 Å². The van der Waals surface area contributed by atoms with Gasteiger partial charge in [-0.15, -0.1) is 0 Å². The summed E-state index contributed by atoms with van der Waals surface area (Å²) in [6, 6.07) is 31.2. The topological polar surface area (TPSA) is 20.9 Å². The predicted molar refractivity (Wildman–Crippen MR) is 126 cm³/mol. The van der Waals surface area contributed by atoms with Gasteiger partial charge in [-0.25, -0.2) is 0 Å². The molecule has 1 saturated carbocycles. The zero-order valence-electron chi connectivity index (χ0n) is 17.8. The molecule has 1 aliphatic carbocycles. The number of hydrogen-bond donors (Lipinski definition) is 0. The van der Waals surface area contributed by atoms with Gasteiger partial charge < -0.3 is 0 Å². The van der Waals surface area contributed by atoms with Crippen LogP contribution in [0.4, 0.5) is 0 Å². The fraction of sp³-hybridized carbons (Fsp3) is 0.241. The van der Waals surface area contributed by atoms with Crippen molar-refractivity contribution in [2.45, 2.75) is 44.6 Å². The molecule has 31 heavy (non-hydrogen) atoms. The molecule has 2 heteroatoms. The van der Waals surface area contributed by atoms with Crippen LogP contribution in [0.15, 0.2) is 91.0 Å². The van der Waals surface area contributed by atoms with E-state index in [2.05, 4.69) is 53.1 Å². The highest BCUT2D eigenvalue weighted by Gasteiger charge is 2.22. The SMILES string of the molecule is O=C(C[n+]1c(-c2ccc(C3CCCCC3)cc2)ccc2ccccc21)c1ccccc1. The summed E-state index contributed by atoms with van der Waals surface area (Å²) in [7, 11) is 0. The van der Waals surface area contributed by atoms with Gasteiger partial charge in [0.25, 0.3) is 0 Å². The number of aromatic nitrogens is 1. The average Bonchev–Trinajstić information content (AvgIpc) is 2.85. The van der Waals surface area contributed by atoms with Gasteiger partial charge in [0.2, 0.25) is 23.5 Å². The Morgan fingerprint density at radius 3 is 2.23 bits per heavy atom.